The highest BCUT2D eigenvalue weighted by Crippen LogP contribution is 2.12. The number of hydrogen-bond acceptors (Lipinski definition) is 4. The van der Waals surface area contributed by atoms with Crippen molar-refractivity contribution in [2.24, 2.45) is 5.73 Å². The first kappa shape index (κ1) is 11.4. The van der Waals surface area contributed by atoms with Gasteiger partial charge in [0, 0.05) is 12.8 Å². The van der Waals surface area contributed by atoms with Gasteiger partial charge in [-0.05, 0) is 5.56 Å². The maximum atomic E-state index is 5.77. The van der Waals surface area contributed by atoms with Crippen LogP contribution in [0.2, 0.25) is 0 Å². The molecule has 0 aliphatic carbocycles. The molecule has 0 aliphatic rings. The number of nitrogens with two attached hydrogens (primary N) is 1. The van der Waals surface area contributed by atoms with E-state index in [1.54, 1.807) is 0 Å². The fourth-order valence-corrected chi connectivity index (χ4v) is 1.48. The van der Waals surface area contributed by atoms with Gasteiger partial charge < -0.3 is 10.3 Å². The molecular weight excluding hydrogens is 214 g/mol. The Labute approximate surface area is 99.8 Å². The summed E-state index contributed by atoms with van der Waals surface area (Å²) < 4.78 is 5.07. The van der Waals surface area contributed by atoms with Crippen molar-refractivity contribution in [2.45, 2.75) is 18.9 Å². The molecule has 1 heterocycles. The zero-order valence-corrected chi connectivity index (χ0v) is 9.34. The highest BCUT2D eigenvalue weighted by molar-refractivity contribution is 5.18. The standard InChI is InChI=1S/C13H13N3O/c1-2-6-11(14)13-15-12(16-17-13)9-10-7-4-3-5-8-10/h1,3-5,7-8,11H,6,9,14H2. The van der Waals surface area contributed by atoms with Crippen LogP contribution in [-0.2, 0) is 6.42 Å². The number of benzene rings is 1. The lowest BCUT2D eigenvalue weighted by Crippen LogP contribution is -2.09. The molecule has 0 fully saturated rings. The van der Waals surface area contributed by atoms with Gasteiger partial charge in [0.2, 0.25) is 5.89 Å². The molecule has 2 aromatic rings. The van der Waals surface area contributed by atoms with Gasteiger partial charge in [-0.2, -0.15) is 4.98 Å². The Morgan fingerprint density at radius 3 is 2.82 bits per heavy atom. The van der Waals surface area contributed by atoms with Gasteiger partial charge in [0.15, 0.2) is 5.82 Å². The quantitative estimate of drug-likeness (QED) is 0.807. The van der Waals surface area contributed by atoms with Crippen LogP contribution in [-0.4, -0.2) is 10.1 Å². The first-order chi connectivity index (χ1) is 8.29. The minimum absolute atomic E-state index is 0.378. The largest absolute Gasteiger partial charge is 0.338 e. The lowest BCUT2D eigenvalue weighted by molar-refractivity contribution is 0.353. The molecule has 0 bridgehead atoms. The van der Waals surface area contributed by atoms with Crippen molar-refractivity contribution in [2.75, 3.05) is 0 Å². The monoisotopic (exact) mass is 227 g/mol. The van der Waals surface area contributed by atoms with E-state index in [-0.39, 0.29) is 6.04 Å². The van der Waals surface area contributed by atoms with E-state index in [9.17, 15) is 0 Å². The van der Waals surface area contributed by atoms with E-state index >= 15 is 0 Å². The molecule has 0 saturated carbocycles. The molecule has 1 aromatic heterocycles. The Morgan fingerprint density at radius 2 is 2.12 bits per heavy atom. The fourth-order valence-electron chi connectivity index (χ4n) is 1.48. The number of terminal acetylenes is 1. The van der Waals surface area contributed by atoms with Crippen molar-refractivity contribution >= 4 is 0 Å². The van der Waals surface area contributed by atoms with Crippen LogP contribution in [0.3, 0.4) is 0 Å². The van der Waals surface area contributed by atoms with E-state index < -0.39 is 0 Å². The lowest BCUT2D eigenvalue weighted by Gasteiger charge is -1.98. The van der Waals surface area contributed by atoms with Gasteiger partial charge >= 0.3 is 0 Å². The second-order valence-electron chi connectivity index (χ2n) is 3.73. The van der Waals surface area contributed by atoms with E-state index in [4.69, 9.17) is 16.7 Å². The SMILES string of the molecule is C#CCC(N)c1nc(Cc2ccccc2)no1. The minimum Gasteiger partial charge on any atom is -0.338 e. The van der Waals surface area contributed by atoms with Gasteiger partial charge in [0.1, 0.15) is 0 Å². The van der Waals surface area contributed by atoms with Gasteiger partial charge in [-0.1, -0.05) is 35.5 Å². The summed E-state index contributed by atoms with van der Waals surface area (Å²) in [4.78, 5) is 4.23. The zero-order chi connectivity index (χ0) is 12.1. The number of aromatic nitrogens is 2. The van der Waals surface area contributed by atoms with E-state index in [0.29, 0.717) is 24.6 Å². The first-order valence-corrected chi connectivity index (χ1v) is 5.35. The predicted octanol–water partition coefficient (Wildman–Crippen LogP) is 1.68. The van der Waals surface area contributed by atoms with Gasteiger partial charge in [0.05, 0.1) is 6.04 Å². The Bertz CT molecular complexity index is 513. The van der Waals surface area contributed by atoms with Gasteiger partial charge in [-0.15, -0.1) is 12.3 Å². The molecule has 2 N–H and O–H groups in total. The van der Waals surface area contributed by atoms with Crippen molar-refractivity contribution in [1.29, 1.82) is 0 Å². The molecule has 0 amide bonds. The molecule has 0 spiro atoms. The second-order valence-corrected chi connectivity index (χ2v) is 3.73. The molecule has 1 atom stereocenters. The third-order valence-corrected chi connectivity index (χ3v) is 2.34. The van der Waals surface area contributed by atoms with Gasteiger partial charge in [-0.3, -0.25) is 0 Å². The minimum atomic E-state index is -0.378. The summed E-state index contributed by atoms with van der Waals surface area (Å²) in [7, 11) is 0. The van der Waals surface area contributed by atoms with E-state index in [0.717, 1.165) is 5.56 Å². The number of rotatable bonds is 4. The molecule has 4 nitrogen and oxygen atoms in total. The topological polar surface area (TPSA) is 64.9 Å². The highest BCUT2D eigenvalue weighted by Gasteiger charge is 2.13. The lowest BCUT2D eigenvalue weighted by atomic mass is 10.1. The maximum absolute atomic E-state index is 5.77. The first-order valence-electron chi connectivity index (χ1n) is 5.35. The van der Waals surface area contributed by atoms with Gasteiger partial charge in [-0.25, -0.2) is 0 Å². The van der Waals surface area contributed by atoms with Crippen LogP contribution in [0.15, 0.2) is 34.9 Å². The molecule has 1 aromatic carbocycles. The molecule has 4 heteroatoms. The fraction of sp³-hybridized carbons (Fsp3) is 0.231. The predicted molar refractivity (Wildman–Crippen MR) is 63.9 cm³/mol. The van der Waals surface area contributed by atoms with Crippen LogP contribution in [0.25, 0.3) is 0 Å². The van der Waals surface area contributed by atoms with Crippen LogP contribution in [0, 0.1) is 12.3 Å². The van der Waals surface area contributed by atoms with Crippen molar-refractivity contribution in [3.63, 3.8) is 0 Å². The summed E-state index contributed by atoms with van der Waals surface area (Å²) in [5.41, 5.74) is 6.90. The molecule has 17 heavy (non-hydrogen) atoms. The Balaban J connectivity index is 2.07. The molecule has 0 radical (unpaired) electrons. The van der Waals surface area contributed by atoms with Crippen molar-refractivity contribution in [3.05, 3.63) is 47.6 Å². The average molecular weight is 227 g/mol. The molecule has 0 saturated heterocycles. The Morgan fingerprint density at radius 1 is 1.35 bits per heavy atom. The van der Waals surface area contributed by atoms with Crippen LogP contribution in [0.1, 0.15) is 29.7 Å². The van der Waals surface area contributed by atoms with Crippen LogP contribution >= 0.6 is 0 Å². The van der Waals surface area contributed by atoms with E-state index in [1.807, 2.05) is 30.3 Å². The van der Waals surface area contributed by atoms with Crippen LogP contribution in [0.4, 0.5) is 0 Å². The Hall–Kier alpha value is -2.12. The van der Waals surface area contributed by atoms with E-state index in [2.05, 4.69) is 16.1 Å². The molecule has 86 valence electrons. The van der Waals surface area contributed by atoms with Crippen molar-refractivity contribution in [3.8, 4) is 12.3 Å². The molecule has 1 unspecified atom stereocenters. The smallest absolute Gasteiger partial charge is 0.244 e. The summed E-state index contributed by atoms with van der Waals surface area (Å²) in [5.74, 6) is 3.49. The summed E-state index contributed by atoms with van der Waals surface area (Å²) >= 11 is 0. The summed E-state index contributed by atoms with van der Waals surface area (Å²) in [5, 5.41) is 3.88. The van der Waals surface area contributed by atoms with Crippen LogP contribution < -0.4 is 5.73 Å². The second kappa shape index (κ2) is 5.28. The zero-order valence-electron chi connectivity index (χ0n) is 9.34. The molecule has 2 rings (SSSR count). The van der Waals surface area contributed by atoms with Gasteiger partial charge in [0.25, 0.3) is 0 Å². The summed E-state index contributed by atoms with van der Waals surface area (Å²) in [6.45, 7) is 0. The third-order valence-electron chi connectivity index (χ3n) is 2.34. The maximum Gasteiger partial charge on any atom is 0.244 e. The Kier molecular flexibility index (Phi) is 3.53. The summed E-state index contributed by atoms with van der Waals surface area (Å²) in [6, 6.07) is 9.56. The van der Waals surface area contributed by atoms with Crippen LogP contribution in [0.5, 0.6) is 0 Å². The number of nitrogens with zero attached hydrogens (tertiary/aromatic N) is 2. The third kappa shape index (κ3) is 2.92. The average Bonchev–Trinajstić information content (AvgIpc) is 2.79. The highest BCUT2D eigenvalue weighted by atomic mass is 16.5. The van der Waals surface area contributed by atoms with E-state index in [1.165, 1.54) is 0 Å². The normalized spacial score (nSPS) is 12.0. The van der Waals surface area contributed by atoms with Crippen molar-refractivity contribution < 1.29 is 4.52 Å². The summed E-state index contributed by atoms with van der Waals surface area (Å²) in [6.07, 6.45) is 6.21. The van der Waals surface area contributed by atoms with Crippen molar-refractivity contribution in [1.82, 2.24) is 10.1 Å². The number of hydrogen-bond donors (Lipinski definition) is 1. The molecular formula is C13H13N3O. The molecule has 0 aliphatic heterocycles.